The number of piperidine rings is 1. The highest BCUT2D eigenvalue weighted by Gasteiger charge is 2.27. The van der Waals surface area contributed by atoms with Gasteiger partial charge in [-0.25, -0.2) is 8.42 Å². The smallest absolute Gasteiger partial charge is 0.243 e. The second kappa shape index (κ2) is 8.61. The molecule has 1 aliphatic rings. The number of anilines is 1. The lowest BCUT2D eigenvalue weighted by molar-refractivity contribution is -0.132. The maximum atomic E-state index is 12.6. The van der Waals surface area contributed by atoms with Gasteiger partial charge in [0.2, 0.25) is 21.8 Å². The van der Waals surface area contributed by atoms with Gasteiger partial charge >= 0.3 is 0 Å². The topological polar surface area (TPSA) is 98.8 Å². The highest BCUT2D eigenvalue weighted by atomic mass is 32.2. The van der Waals surface area contributed by atoms with E-state index in [1.807, 2.05) is 7.05 Å². The van der Waals surface area contributed by atoms with Gasteiger partial charge in [-0.15, -0.1) is 0 Å². The van der Waals surface area contributed by atoms with E-state index in [2.05, 4.69) is 10.6 Å². The average Bonchev–Trinajstić information content (AvgIpc) is 2.61. The number of carbonyl (C=O) groups excluding carboxylic acids is 2. The van der Waals surface area contributed by atoms with Gasteiger partial charge in [0.1, 0.15) is 0 Å². The number of likely N-dealkylation sites (N-methyl/N-ethyl adjacent to an activating group) is 1. The zero-order chi connectivity index (χ0) is 19.3. The molecule has 1 heterocycles. The molecular formula is C17H26N4O4S. The second-order valence-electron chi connectivity index (χ2n) is 6.41. The molecule has 0 saturated carbocycles. The van der Waals surface area contributed by atoms with Crippen molar-refractivity contribution in [3.05, 3.63) is 24.3 Å². The van der Waals surface area contributed by atoms with Gasteiger partial charge in [0, 0.05) is 38.8 Å². The van der Waals surface area contributed by atoms with E-state index in [0.717, 1.165) is 17.1 Å². The van der Waals surface area contributed by atoms with Crippen molar-refractivity contribution >= 4 is 27.5 Å². The molecule has 1 aliphatic heterocycles. The van der Waals surface area contributed by atoms with Crippen LogP contribution >= 0.6 is 0 Å². The number of rotatable bonds is 6. The van der Waals surface area contributed by atoms with Crippen LogP contribution in [0.5, 0.6) is 0 Å². The zero-order valence-corrected chi connectivity index (χ0v) is 16.2. The van der Waals surface area contributed by atoms with Crippen LogP contribution in [-0.2, 0) is 19.6 Å². The molecule has 2 amide bonds. The van der Waals surface area contributed by atoms with Crippen molar-refractivity contribution in [3.8, 4) is 0 Å². The minimum Gasteiger partial charge on any atom is -0.341 e. The van der Waals surface area contributed by atoms with Gasteiger partial charge in [-0.2, -0.15) is 4.31 Å². The Morgan fingerprint density at radius 2 is 1.77 bits per heavy atom. The Morgan fingerprint density at radius 1 is 1.19 bits per heavy atom. The van der Waals surface area contributed by atoms with Crippen LogP contribution < -0.4 is 10.6 Å². The quantitative estimate of drug-likeness (QED) is 0.745. The van der Waals surface area contributed by atoms with Crippen molar-refractivity contribution in [1.82, 2.24) is 14.5 Å². The summed E-state index contributed by atoms with van der Waals surface area (Å²) in [5.41, 5.74) is 0.516. The Hall–Kier alpha value is -1.97. The van der Waals surface area contributed by atoms with Crippen molar-refractivity contribution < 1.29 is 18.0 Å². The minimum atomic E-state index is -3.77. The maximum absolute atomic E-state index is 12.6. The number of nitrogens with zero attached hydrogens (tertiary/aromatic N) is 2. The van der Waals surface area contributed by atoms with Crippen LogP contribution in [0, 0.1) is 0 Å². The van der Waals surface area contributed by atoms with Crippen molar-refractivity contribution in [2.24, 2.45) is 0 Å². The first-order valence-corrected chi connectivity index (χ1v) is 9.97. The van der Waals surface area contributed by atoms with E-state index < -0.39 is 10.0 Å². The van der Waals surface area contributed by atoms with Crippen LogP contribution in [0.25, 0.3) is 0 Å². The summed E-state index contributed by atoms with van der Waals surface area (Å²) in [6, 6.07) is 6.28. The summed E-state index contributed by atoms with van der Waals surface area (Å²) in [6.07, 6.45) is 1.73. The third-order valence-electron chi connectivity index (χ3n) is 4.50. The van der Waals surface area contributed by atoms with Crippen LogP contribution in [0.15, 0.2) is 29.2 Å². The Kier molecular flexibility index (Phi) is 6.74. The van der Waals surface area contributed by atoms with E-state index in [9.17, 15) is 18.0 Å². The SMILES string of the molecule is CNC1CCN(C(=O)CN(C)S(=O)(=O)c2ccc(NC(C)=O)cc2)CC1. The molecule has 0 radical (unpaired) electrons. The fourth-order valence-electron chi connectivity index (χ4n) is 2.89. The molecule has 0 aromatic heterocycles. The van der Waals surface area contributed by atoms with Crippen LogP contribution in [0.2, 0.25) is 0 Å². The van der Waals surface area contributed by atoms with Gasteiger partial charge < -0.3 is 15.5 Å². The third kappa shape index (κ3) is 5.03. The van der Waals surface area contributed by atoms with Crippen LogP contribution in [0.3, 0.4) is 0 Å². The summed E-state index contributed by atoms with van der Waals surface area (Å²) >= 11 is 0. The second-order valence-corrected chi connectivity index (χ2v) is 8.46. The molecule has 8 nitrogen and oxygen atoms in total. The molecule has 1 saturated heterocycles. The van der Waals surface area contributed by atoms with Crippen molar-refractivity contribution in [2.45, 2.75) is 30.7 Å². The fraction of sp³-hybridized carbons (Fsp3) is 0.529. The van der Waals surface area contributed by atoms with Gasteiger partial charge in [0.05, 0.1) is 11.4 Å². The van der Waals surface area contributed by atoms with E-state index in [0.29, 0.717) is 24.8 Å². The molecule has 0 bridgehead atoms. The van der Waals surface area contributed by atoms with Gasteiger partial charge in [-0.3, -0.25) is 9.59 Å². The van der Waals surface area contributed by atoms with E-state index >= 15 is 0 Å². The molecule has 1 aromatic carbocycles. The highest BCUT2D eigenvalue weighted by Crippen LogP contribution is 2.18. The van der Waals surface area contributed by atoms with Crippen molar-refractivity contribution in [2.75, 3.05) is 39.0 Å². The predicted octanol–water partition coefficient (Wildman–Crippen LogP) is 0.476. The Bertz CT molecular complexity index is 741. The first-order valence-electron chi connectivity index (χ1n) is 8.53. The van der Waals surface area contributed by atoms with Gasteiger partial charge in [0.25, 0.3) is 0 Å². The molecule has 2 rings (SSSR count). The molecule has 0 atom stereocenters. The van der Waals surface area contributed by atoms with E-state index in [1.165, 1.54) is 38.2 Å². The number of sulfonamides is 1. The molecule has 9 heteroatoms. The summed E-state index contributed by atoms with van der Waals surface area (Å²) in [6.45, 7) is 2.44. The first-order chi connectivity index (χ1) is 12.2. The minimum absolute atomic E-state index is 0.0794. The van der Waals surface area contributed by atoms with Gasteiger partial charge in [0.15, 0.2) is 0 Å². The molecular weight excluding hydrogens is 356 g/mol. The number of nitrogens with one attached hydrogen (secondary N) is 2. The normalized spacial score (nSPS) is 15.9. The zero-order valence-electron chi connectivity index (χ0n) is 15.4. The first kappa shape index (κ1) is 20.3. The van der Waals surface area contributed by atoms with Crippen LogP contribution in [-0.4, -0.2) is 69.2 Å². The summed E-state index contributed by atoms with van der Waals surface area (Å²) in [5, 5.41) is 5.78. The van der Waals surface area contributed by atoms with E-state index in [1.54, 1.807) is 4.90 Å². The van der Waals surface area contributed by atoms with E-state index in [-0.39, 0.29) is 23.3 Å². The number of likely N-dealkylation sites (tertiary alicyclic amines) is 1. The Morgan fingerprint density at radius 3 is 2.27 bits per heavy atom. The van der Waals surface area contributed by atoms with Crippen LogP contribution in [0.4, 0.5) is 5.69 Å². The lowest BCUT2D eigenvalue weighted by Crippen LogP contribution is -2.47. The van der Waals surface area contributed by atoms with Crippen LogP contribution in [0.1, 0.15) is 19.8 Å². The van der Waals surface area contributed by atoms with E-state index in [4.69, 9.17) is 0 Å². The summed E-state index contributed by atoms with van der Waals surface area (Å²) in [7, 11) is -0.472. The molecule has 0 spiro atoms. The van der Waals surface area contributed by atoms with Crippen molar-refractivity contribution in [3.63, 3.8) is 0 Å². The van der Waals surface area contributed by atoms with Gasteiger partial charge in [-0.05, 0) is 44.2 Å². The van der Waals surface area contributed by atoms with Gasteiger partial charge in [-0.1, -0.05) is 0 Å². The largest absolute Gasteiger partial charge is 0.341 e. The number of hydrogen-bond acceptors (Lipinski definition) is 5. The molecule has 1 aromatic rings. The summed E-state index contributed by atoms with van der Waals surface area (Å²) in [4.78, 5) is 25.2. The number of amides is 2. The summed E-state index contributed by atoms with van der Waals surface area (Å²) in [5.74, 6) is -0.425. The monoisotopic (exact) mass is 382 g/mol. The predicted molar refractivity (Wildman–Crippen MR) is 99.2 cm³/mol. The number of carbonyl (C=O) groups is 2. The molecule has 144 valence electrons. The third-order valence-corrected chi connectivity index (χ3v) is 6.31. The van der Waals surface area contributed by atoms with Crippen molar-refractivity contribution in [1.29, 1.82) is 0 Å². The lowest BCUT2D eigenvalue weighted by Gasteiger charge is -2.32. The molecule has 0 aliphatic carbocycles. The Labute approximate surface area is 154 Å². The fourth-order valence-corrected chi connectivity index (χ4v) is 4.01. The molecule has 26 heavy (non-hydrogen) atoms. The number of benzene rings is 1. The molecule has 1 fully saturated rings. The maximum Gasteiger partial charge on any atom is 0.243 e. The lowest BCUT2D eigenvalue weighted by atomic mass is 10.1. The molecule has 2 N–H and O–H groups in total. The number of hydrogen-bond donors (Lipinski definition) is 2. The summed E-state index contributed by atoms with van der Waals surface area (Å²) < 4.78 is 26.3. The molecule has 0 unspecified atom stereocenters. The standard InChI is InChI=1S/C17H26N4O4S/c1-13(22)19-15-4-6-16(7-5-15)26(24,25)20(3)12-17(23)21-10-8-14(18-2)9-11-21/h4-7,14,18H,8-12H2,1-3H3,(H,19,22). The highest BCUT2D eigenvalue weighted by molar-refractivity contribution is 7.89. The Balaban J connectivity index is 2.00. The average molecular weight is 382 g/mol.